The zero-order chi connectivity index (χ0) is 24.1. The Morgan fingerprint density at radius 1 is 0.917 bits per heavy atom. The molecule has 1 fully saturated rings. The smallest absolute Gasteiger partial charge is 0.227 e. The van der Waals surface area contributed by atoms with E-state index >= 15 is 0 Å². The normalized spacial score (nSPS) is 13.3. The third-order valence-corrected chi connectivity index (χ3v) is 6.23. The van der Waals surface area contributed by atoms with Gasteiger partial charge in [-0.2, -0.15) is 5.10 Å². The van der Waals surface area contributed by atoms with Crippen LogP contribution in [0, 0.1) is 5.92 Å². The van der Waals surface area contributed by atoms with Crippen molar-refractivity contribution >= 4 is 33.5 Å². The molecule has 0 aromatic carbocycles. The number of imidazole rings is 1. The van der Waals surface area contributed by atoms with Crippen LogP contribution in [0.5, 0.6) is 0 Å². The summed E-state index contributed by atoms with van der Waals surface area (Å²) in [7, 11) is 0. The van der Waals surface area contributed by atoms with Crippen molar-refractivity contribution in [2.45, 2.75) is 12.8 Å². The van der Waals surface area contributed by atoms with Crippen molar-refractivity contribution in [1.29, 1.82) is 0 Å². The molecule has 6 aromatic heterocycles. The lowest BCUT2D eigenvalue weighted by Crippen LogP contribution is -2.13. The van der Waals surface area contributed by atoms with Gasteiger partial charge in [0.25, 0.3) is 0 Å². The van der Waals surface area contributed by atoms with Crippen LogP contribution in [0.4, 0.5) is 5.69 Å². The number of carbonyl (C=O) groups excluding carboxylic acids is 1. The van der Waals surface area contributed by atoms with Crippen molar-refractivity contribution in [3.05, 3.63) is 67.4 Å². The number of nitrogens with one attached hydrogen (secondary N) is 3. The summed E-state index contributed by atoms with van der Waals surface area (Å²) in [6.45, 7) is 0. The molecule has 1 saturated carbocycles. The summed E-state index contributed by atoms with van der Waals surface area (Å²) in [6, 6.07) is 11.4. The lowest BCUT2D eigenvalue weighted by molar-refractivity contribution is -0.117. The highest BCUT2D eigenvalue weighted by atomic mass is 16.2. The Balaban J connectivity index is 1.28. The van der Waals surface area contributed by atoms with Crippen molar-refractivity contribution in [2.24, 2.45) is 5.92 Å². The molecule has 1 aliphatic rings. The van der Waals surface area contributed by atoms with E-state index in [9.17, 15) is 4.79 Å². The number of nitrogens with zero attached hydrogens (tertiary/aromatic N) is 6. The fourth-order valence-corrected chi connectivity index (χ4v) is 4.23. The molecular formula is C26H19N9O. The van der Waals surface area contributed by atoms with E-state index in [0.29, 0.717) is 28.6 Å². The number of amides is 1. The van der Waals surface area contributed by atoms with Gasteiger partial charge in [0.1, 0.15) is 16.9 Å². The van der Waals surface area contributed by atoms with E-state index in [2.05, 4.69) is 40.4 Å². The van der Waals surface area contributed by atoms with Gasteiger partial charge in [-0.3, -0.25) is 29.8 Å². The molecule has 3 N–H and O–H groups in total. The summed E-state index contributed by atoms with van der Waals surface area (Å²) in [5.74, 6) is 0.773. The molecular weight excluding hydrogens is 454 g/mol. The summed E-state index contributed by atoms with van der Waals surface area (Å²) in [6.07, 6.45) is 10.5. The molecule has 0 unspecified atom stereocenters. The first kappa shape index (κ1) is 20.4. The van der Waals surface area contributed by atoms with Crippen LogP contribution in [-0.2, 0) is 4.79 Å². The van der Waals surface area contributed by atoms with E-state index in [4.69, 9.17) is 4.98 Å². The number of hydrogen-bond donors (Lipinski definition) is 3. The van der Waals surface area contributed by atoms with Crippen molar-refractivity contribution in [2.75, 3.05) is 5.32 Å². The minimum atomic E-state index is 0.0407. The predicted octanol–water partition coefficient (Wildman–Crippen LogP) is 4.37. The van der Waals surface area contributed by atoms with Gasteiger partial charge in [-0.15, -0.1) is 0 Å². The van der Waals surface area contributed by atoms with Crippen LogP contribution in [0.1, 0.15) is 12.8 Å². The maximum absolute atomic E-state index is 12.2. The van der Waals surface area contributed by atoms with E-state index in [0.717, 1.165) is 46.0 Å². The van der Waals surface area contributed by atoms with Crippen molar-refractivity contribution < 1.29 is 4.79 Å². The second kappa shape index (κ2) is 8.05. The third-order valence-electron chi connectivity index (χ3n) is 6.23. The van der Waals surface area contributed by atoms with Gasteiger partial charge in [0.05, 0.1) is 40.5 Å². The average molecular weight is 474 g/mol. The van der Waals surface area contributed by atoms with Gasteiger partial charge in [-0.05, 0) is 43.2 Å². The molecule has 174 valence electrons. The maximum Gasteiger partial charge on any atom is 0.227 e. The standard InChI is InChI=1S/C26H19N9O/c36-26(14-4-5-14)31-16-9-15(11-27-12-16)20-10-17-21(13-30-20)34-35-22(17)25-32-19-6-8-29-23(24(19)33-25)18-3-1-2-7-28-18/h1-3,6-14H,4-5H2,(H,31,36)(H,32,33)(H,34,35). The zero-order valence-corrected chi connectivity index (χ0v) is 18.9. The molecule has 6 heterocycles. The number of hydrogen-bond acceptors (Lipinski definition) is 7. The number of rotatable bonds is 5. The van der Waals surface area contributed by atoms with Crippen LogP contribution in [0.2, 0.25) is 0 Å². The van der Waals surface area contributed by atoms with E-state index in [1.807, 2.05) is 36.4 Å². The molecule has 1 amide bonds. The van der Waals surface area contributed by atoms with Gasteiger partial charge >= 0.3 is 0 Å². The molecule has 0 bridgehead atoms. The Bertz CT molecular complexity index is 1750. The van der Waals surface area contributed by atoms with Gasteiger partial charge in [-0.1, -0.05) is 6.07 Å². The first-order chi connectivity index (χ1) is 17.7. The molecule has 10 heteroatoms. The molecule has 0 spiro atoms. The Morgan fingerprint density at radius 3 is 2.72 bits per heavy atom. The topological polar surface area (TPSA) is 138 Å². The molecule has 0 atom stereocenters. The lowest BCUT2D eigenvalue weighted by Gasteiger charge is -2.06. The van der Waals surface area contributed by atoms with Gasteiger partial charge < -0.3 is 10.3 Å². The molecule has 7 rings (SSSR count). The molecule has 6 aromatic rings. The summed E-state index contributed by atoms with van der Waals surface area (Å²) in [5.41, 5.74) is 6.64. The SMILES string of the molecule is O=C(Nc1cncc(-c2cc3c(-c4nc5c(-c6ccccn6)nccc5[nH]4)n[nH]c3cn2)c1)C1CC1. The molecule has 0 saturated heterocycles. The van der Waals surface area contributed by atoms with E-state index < -0.39 is 0 Å². The van der Waals surface area contributed by atoms with Crippen molar-refractivity contribution in [3.8, 4) is 34.2 Å². The highest BCUT2D eigenvalue weighted by Crippen LogP contribution is 2.32. The van der Waals surface area contributed by atoms with Gasteiger partial charge in [0.15, 0.2) is 5.82 Å². The Hall–Kier alpha value is -4.99. The minimum absolute atomic E-state index is 0.0407. The fraction of sp³-hybridized carbons (Fsp3) is 0.115. The summed E-state index contributed by atoms with van der Waals surface area (Å²) < 4.78 is 0. The van der Waals surface area contributed by atoms with Crippen molar-refractivity contribution in [1.82, 2.24) is 40.1 Å². The Labute approximate surface area is 204 Å². The third kappa shape index (κ3) is 3.56. The predicted molar refractivity (Wildman–Crippen MR) is 135 cm³/mol. The quantitative estimate of drug-likeness (QED) is 0.338. The van der Waals surface area contributed by atoms with Crippen LogP contribution >= 0.6 is 0 Å². The van der Waals surface area contributed by atoms with E-state index in [1.54, 1.807) is 31.0 Å². The van der Waals surface area contributed by atoms with Gasteiger partial charge in [0.2, 0.25) is 5.91 Å². The van der Waals surface area contributed by atoms with Crippen LogP contribution in [0.15, 0.2) is 67.4 Å². The number of carbonyl (C=O) groups is 1. The van der Waals surface area contributed by atoms with E-state index in [-0.39, 0.29) is 11.8 Å². The first-order valence-corrected chi connectivity index (χ1v) is 11.6. The molecule has 10 nitrogen and oxygen atoms in total. The van der Waals surface area contributed by atoms with Crippen molar-refractivity contribution in [3.63, 3.8) is 0 Å². The molecule has 0 aliphatic heterocycles. The maximum atomic E-state index is 12.2. The second-order valence-electron chi connectivity index (χ2n) is 8.77. The van der Waals surface area contributed by atoms with Crippen LogP contribution in [-0.4, -0.2) is 46.0 Å². The Morgan fingerprint density at radius 2 is 1.86 bits per heavy atom. The second-order valence-corrected chi connectivity index (χ2v) is 8.77. The number of anilines is 1. The van der Waals surface area contributed by atoms with Crippen LogP contribution in [0.25, 0.3) is 56.1 Å². The highest BCUT2D eigenvalue weighted by Gasteiger charge is 2.29. The van der Waals surface area contributed by atoms with Gasteiger partial charge in [-0.25, -0.2) is 4.98 Å². The number of H-pyrrole nitrogens is 2. The van der Waals surface area contributed by atoms with Gasteiger partial charge in [0, 0.05) is 35.5 Å². The lowest BCUT2D eigenvalue weighted by atomic mass is 10.1. The summed E-state index contributed by atoms with van der Waals surface area (Å²) >= 11 is 0. The molecule has 0 radical (unpaired) electrons. The zero-order valence-electron chi connectivity index (χ0n) is 18.9. The largest absolute Gasteiger partial charge is 0.336 e. The van der Waals surface area contributed by atoms with Crippen LogP contribution < -0.4 is 5.32 Å². The Kier molecular flexibility index (Phi) is 4.56. The average Bonchev–Trinajstić information content (AvgIpc) is 3.55. The monoisotopic (exact) mass is 473 g/mol. The summed E-state index contributed by atoms with van der Waals surface area (Å²) in [5, 5.41) is 11.4. The fourth-order valence-electron chi connectivity index (χ4n) is 4.23. The molecule has 1 aliphatic carbocycles. The van der Waals surface area contributed by atoms with E-state index in [1.165, 1.54) is 0 Å². The highest BCUT2D eigenvalue weighted by molar-refractivity contribution is 5.97. The molecule has 36 heavy (non-hydrogen) atoms. The van der Waals surface area contributed by atoms with Crippen LogP contribution in [0.3, 0.4) is 0 Å². The number of aromatic amines is 2. The number of pyridine rings is 4. The summed E-state index contributed by atoms with van der Waals surface area (Å²) in [4.78, 5) is 38.2. The number of aromatic nitrogens is 8. The number of fused-ring (bicyclic) bond motifs is 2. The first-order valence-electron chi connectivity index (χ1n) is 11.6. The minimum Gasteiger partial charge on any atom is -0.336 e.